The van der Waals surface area contributed by atoms with Gasteiger partial charge in [0.2, 0.25) is 0 Å². The van der Waals surface area contributed by atoms with Crippen LogP contribution in [0.5, 0.6) is 11.5 Å². The van der Waals surface area contributed by atoms with E-state index < -0.39 is 5.82 Å². The normalized spacial score (nSPS) is 10.4. The molecule has 0 radical (unpaired) electrons. The van der Waals surface area contributed by atoms with Gasteiger partial charge in [-0.1, -0.05) is 0 Å². The minimum atomic E-state index is -0.404. The molecule has 3 nitrogen and oxygen atoms in total. The number of ether oxygens (including phenoxy) is 2. The first kappa shape index (κ1) is 12.8. The lowest BCUT2D eigenvalue weighted by molar-refractivity contribution is 0.295. The van der Waals surface area contributed by atoms with Crippen LogP contribution in [0.3, 0.4) is 0 Å². The fourth-order valence-corrected chi connectivity index (χ4v) is 1.90. The van der Waals surface area contributed by atoms with Gasteiger partial charge in [0.1, 0.15) is 5.75 Å². The highest BCUT2D eigenvalue weighted by atomic mass is 19.1. The first-order valence-corrected chi connectivity index (χ1v) is 5.08. The van der Waals surface area contributed by atoms with Crippen LogP contribution in [0.15, 0.2) is 0 Å². The maximum atomic E-state index is 13.9. The second-order valence-electron chi connectivity index (χ2n) is 3.58. The Bertz CT molecular complexity index is 389. The van der Waals surface area contributed by atoms with E-state index in [1.165, 1.54) is 14.2 Å². The summed E-state index contributed by atoms with van der Waals surface area (Å²) >= 11 is 0. The summed E-state index contributed by atoms with van der Waals surface area (Å²) in [6, 6.07) is 0. The van der Waals surface area contributed by atoms with E-state index in [2.05, 4.69) is 0 Å². The van der Waals surface area contributed by atoms with Gasteiger partial charge in [0, 0.05) is 23.3 Å². The Morgan fingerprint density at radius 3 is 2.06 bits per heavy atom. The summed E-state index contributed by atoms with van der Waals surface area (Å²) in [4.78, 5) is 0. The number of hydrogen-bond donors (Lipinski definition) is 1. The molecule has 0 fully saturated rings. The van der Waals surface area contributed by atoms with Crippen molar-refractivity contribution >= 4 is 0 Å². The van der Waals surface area contributed by atoms with Crippen molar-refractivity contribution in [1.82, 2.24) is 0 Å². The molecule has 16 heavy (non-hydrogen) atoms. The molecule has 0 spiro atoms. The highest BCUT2D eigenvalue weighted by Gasteiger charge is 2.20. The summed E-state index contributed by atoms with van der Waals surface area (Å²) in [6.07, 6.45) is 0.423. The summed E-state index contributed by atoms with van der Waals surface area (Å²) < 4.78 is 24.1. The van der Waals surface area contributed by atoms with Crippen LogP contribution in [0, 0.1) is 19.7 Å². The lowest BCUT2D eigenvalue weighted by atomic mass is 9.99. The summed E-state index contributed by atoms with van der Waals surface area (Å²) in [7, 11) is 2.93. The van der Waals surface area contributed by atoms with Crippen LogP contribution < -0.4 is 9.47 Å². The zero-order chi connectivity index (χ0) is 12.3. The summed E-state index contributed by atoms with van der Waals surface area (Å²) in [5.74, 6) is 0.310. The standard InChI is InChI=1S/C12H17FO3/c1-7-9(5-6-14)11(15-3)8(2)10(13)12(7)16-4/h14H,5-6H2,1-4H3. The molecule has 0 heterocycles. The maximum Gasteiger partial charge on any atom is 0.171 e. The summed E-state index contributed by atoms with van der Waals surface area (Å²) in [5, 5.41) is 9.00. The molecule has 0 bridgehead atoms. The van der Waals surface area contributed by atoms with E-state index in [0.717, 1.165) is 5.56 Å². The molecular weight excluding hydrogens is 211 g/mol. The van der Waals surface area contributed by atoms with E-state index in [-0.39, 0.29) is 12.4 Å². The first-order chi connectivity index (χ1) is 7.58. The van der Waals surface area contributed by atoms with Crippen molar-refractivity contribution in [2.45, 2.75) is 20.3 Å². The van der Waals surface area contributed by atoms with Crippen LogP contribution in [0.4, 0.5) is 4.39 Å². The van der Waals surface area contributed by atoms with Gasteiger partial charge >= 0.3 is 0 Å². The Morgan fingerprint density at radius 1 is 1.06 bits per heavy atom. The zero-order valence-electron chi connectivity index (χ0n) is 10.1. The predicted octanol–water partition coefficient (Wildman–Crippen LogP) is 1.99. The van der Waals surface area contributed by atoms with Crippen LogP contribution >= 0.6 is 0 Å². The number of halogens is 1. The van der Waals surface area contributed by atoms with Crippen molar-refractivity contribution in [3.63, 3.8) is 0 Å². The second-order valence-corrected chi connectivity index (χ2v) is 3.58. The molecule has 1 aromatic carbocycles. The van der Waals surface area contributed by atoms with Gasteiger partial charge in [0.25, 0.3) is 0 Å². The molecule has 0 unspecified atom stereocenters. The van der Waals surface area contributed by atoms with Gasteiger partial charge in [0.05, 0.1) is 14.2 Å². The van der Waals surface area contributed by atoms with Crippen LogP contribution in [-0.2, 0) is 6.42 Å². The molecule has 0 amide bonds. The highest BCUT2D eigenvalue weighted by Crippen LogP contribution is 2.36. The van der Waals surface area contributed by atoms with E-state index in [0.29, 0.717) is 23.3 Å². The third-order valence-corrected chi connectivity index (χ3v) is 2.71. The fourth-order valence-electron chi connectivity index (χ4n) is 1.90. The van der Waals surface area contributed by atoms with Crippen molar-refractivity contribution in [1.29, 1.82) is 0 Å². The Balaban J connectivity index is 3.50. The maximum absolute atomic E-state index is 13.9. The Morgan fingerprint density at radius 2 is 1.62 bits per heavy atom. The van der Waals surface area contributed by atoms with Gasteiger partial charge in [-0.05, 0) is 20.3 Å². The van der Waals surface area contributed by atoms with Crippen molar-refractivity contribution < 1.29 is 19.0 Å². The second kappa shape index (κ2) is 5.16. The number of rotatable bonds is 4. The Labute approximate surface area is 94.8 Å². The molecule has 90 valence electrons. The van der Waals surface area contributed by atoms with Gasteiger partial charge in [0.15, 0.2) is 11.6 Å². The minimum absolute atomic E-state index is 0.00851. The van der Waals surface area contributed by atoms with Gasteiger partial charge in [-0.25, -0.2) is 4.39 Å². The quantitative estimate of drug-likeness (QED) is 0.856. The average Bonchev–Trinajstić information content (AvgIpc) is 2.27. The first-order valence-electron chi connectivity index (χ1n) is 5.08. The number of aliphatic hydroxyl groups is 1. The molecule has 4 heteroatoms. The average molecular weight is 228 g/mol. The van der Waals surface area contributed by atoms with Crippen LogP contribution in [0.25, 0.3) is 0 Å². The fraction of sp³-hybridized carbons (Fsp3) is 0.500. The van der Waals surface area contributed by atoms with Crippen LogP contribution in [-0.4, -0.2) is 25.9 Å². The van der Waals surface area contributed by atoms with Crippen LogP contribution in [0.1, 0.15) is 16.7 Å². The monoisotopic (exact) mass is 228 g/mol. The Hall–Kier alpha value is -1.29. The molecule has 0 aliphatic heterocycles. The lowest BCUT2D eigenvalue weighted by Gasteiger charge is -2.18. The highest BCUT2D eigenvalue weighted by molar-refractivity contribution is 5.54. The Kier molecular flexibility index (Phi) is 4.12. The molecule has 1 N–H and O–H groups in total. The summed E-state index contributed by atoms with van der Waals surface area (Å²) in [5.41, 5.74) is 1.88. The molecular formula is C12H17FO3. The number of hydrogen-bond acceptors (Lipinski definition) is 3. The van der Waals surface area contributed by atoms with Gasteiger partial charge in [-0.3, -0.25) is 0 Å². The van der Waals surface area contributed by atoms with E-state index in [4.69, 9.17) is 14.6 Å². The summed E-state index contributed by atoms with van der Waals surface area (Å²) in [6.45, 7) is 3.39. The largest absolute Gasteiger partial charge is 0.496 e. The molecule has 1 aromatic rings. The molecule has 0 aromatic heterocycles. The molecule has 0 aliphatic rings. The van der Waals surface area contributed by atoms with Crippen molar-refractivity contribution in [2.24, 2.45) is 0 Å². The van der Waals surface area contributed by atoms with Gasteiger partial charge in [-0.15, -0.1) is 0 Å². The lowest BCUT2D eigenvalue weighted by Crippen LogP contribution is -2.06. The third kappa shape index (κ3) is 1.97. The third-order valence-electron chi connectivity index (χ3n) is 2.71. The van der Waals surface area contributed by atoms with E-state index in [1.54, 1.807) is 13.8 Å². The zero-order valence-corrected chi connectivity index (χ0v) is 10.1. The SMILES string of the molecule is COc1c(C)c(CCO)c(OC)c(C)c1F. The number of benzene rings is 1. The molecule has 0 atom stereocenters. The molecule has 0 saturated heterocycles. The van der Waals surface area contributed by atoms with Gasteiger partial charge in [-0.2, -0.15) is 0 Å². The van der Waals surface area contributed by atoms with Crippen LogP contribution in [0.2, 0.25) is 0 Å². The van der Waals surface area contributed by atoms with E-state index in [9.17, 15) is 4.39 Å². The topological polar surface area (TPSA) is 38.7 Å². The van der Waals surface area contributed by atoms with Crippen molar-refractivity contribution in [3.8, 4) is 11.5 Å². The predicted molar refractivity (Wildman–Crippen MR) is 59.8 cm³/mol. The molecule has 0 saturated carbocycles. The van der Waals surface area contributed by atoms with E-state index >= 15 is 0 Å². The minimum Gasteiger partial charge on any atom is -0.496 e. The van der Waals surface area contributed by atoms with Gasteiger partial charge < -0.3 is 14.6 Å². The number of methoxy groups -OCH3 is 2. The number of aliphatic hydroxyl groups excluding tert-OH is 1. The van der Waals surface area contributed by atoms with E-state index in [1.807, 2.05) is 0 Å². The van der Waals surface area contributed by atoms with Crippen molar-refractivity contribution in [3.05, 3.63) is 22.5 Å². The molecule has 0 aliphatic carbocycles. The van der Waals surface area contributed by atoms with Crippen molar-refractivity contribution in [2.75, 3.05) is 20.8 Å². The molecule has 1 rings (SSSR count). The smallest absolute Gasteiger partial charge is 0.171 e.